The molecule has 2 fully saturated rings. The van der Waals surface area contributed by atoms with Crippen LogP contribution < -0.4 is 10.6 Å². The highest BCUT2D eigenvalue weighted by Gasteiger charge is 2.71. The van der Waals surface area contributed by atoms with Crippen molar-refractivity contribution in [1.82, 2.24) is 10.2 Å². The van der Waals surface area contributed by atoms with Crippen LogP contribution in [0.2, 0.25) is 5.02 Å². The number of methoxy groups -OCH3 is 1. The molecule has 28 heavy (non-hydrogen) atoms. The first-order valence-corrected chi connectivity index (χ1v) is 9.62. The molecule has 3 aliphatic rings. The molecule has 150 valence electrons. The highest BCUT2D eigenvalue weighted by molar-refractivity contribution is 6.31. The third-order valence-corrected chi connectivity index (χ3v) is 6.19. The number of amides is 3. The molecule has 1 aromatic carbocycles. The van der Waals surface area contributed by atoms with Crippen LogP contribution in [0.15, 0.2) is 18.2 Å². The zero-order valence-electron chi connectivity index (χ0n) is 15.6. The number of hydrogen-bond acceptors (Lipinski definition) is 6. The van der Waals surface area contributed by atoms with E-state index in [-0.39, 0.29) is 12.5 Å². The lowest BCUT2D eigenvalue weighted by atomic mass is 9.76. The molecule has 2 saturated heterocycles. The monoisotopic (exact) mass is 407 g/mol. The van der Waals surface area contributed by atoms with Crippen molar-refractivity contribution in [1.29, 1.82) is 0 Å². The molecule has 8 nitrogen and oxygen atoms in total. The molecule has 3 amide bonds. The van der Waals surface area contributed by atoms with Gasteiger partial charge in [-0.3, -0.25) is 24.6 Å². The summed E-state index contributed by atoms with van der Waals surface area (Å²) in [5, 5.41) is 16.7. The predicted octanol–water partition coefficient (Wildman–Crippen LogP) is 0.478. The van der Waals surface area contributed by atoms with Gasteiger partial charge in [0.15, 0.2) is 0 Å². The Hall–Kier alpha value is -2.00. The van der Waals surface area contributed by atoms with Gasteiger partial charge < -0.3 is 15.2 Å². The fourth-order valence-corrected chi connectivity index (χ4v) is 4.94. The molecule has 0 aliphatic carbocycles. The Kier molecular flexibility index (Phi) is 4.70. The van der Waals surface area contributed by atoms with E-state index in [1.54, 1.807) is 32.2 Å². The molecule has 5 atom stereocenters. The van der Waals surface area contributed by atoms with Gasteiger partial charge in [0.2, 0.25) is 17.7 Å². The summed E-state index contributed by atoms with van der Waals surface area (Å²) in [7, 11) is 1.55. The van der Waals surface area contributed by atoms with E-state index in [9.17, 15) is 19.5 Å². The maximum atomic E-state index is 13.3. The van der Waals surface area contributed by atoms with Gasteiger partial charge in [-0.15, -0.1) is 0 Å². The van der Waals surface area contributed by atoms with Gasteiger partial charge in [0, 0.05) is 42.6 Å². The number of anilines is 1. The van der Waals surface area contributed by atoms with Crippen molar-refractivity contribution >= 4 is 35.0 Å². The summed E-state index contributed by atoms with van der Waals surface area (Å²) in [6, 6.07) is 4.23. The number of carbonyl (C=O) groups is 3. The molecule has 0 bridgehead atoms. The van der Waals surface area contributed by atoms with Crippen LogP contribution in [0.1, 0.15) is 18.9 Å². The number of imide groups is 1. The maximum absolute atomic E-state index is 13.3. The minimum atomic E-state index is -1.44. The number of rotatable bonds is 5. The normalized spacial score (nSPS) is 32.1. The van der Waals surface area contributed by atoms with Gasteiger partial charge in [-0.05, 0) is 31.5 Å². The van der Waals surface area contributed by atoms with Crippen LogP contribution in [0.3, 0.4) is 0 Å². The van der Waals surface area contributed by atoms with Crippen molar-refractivity contribution in [3.05, 3.63) is 28.8 Å². The Bertz CT molecular complexity index is 860. The third kappa shape index (κ3) is 2.52. The van der Waals surface area contributed by atoms with Crippen molar-refractivity contribution in [3.8, 4) is 0 Å². The Morgan fingerprint density at radius 1 is 1.32 bits per heavy atom. The molecule has 3 N–H and O–H groups in total. The number of aliphatic hydroxyl groups is 1. The average molecular weight is 408 g/mol. The summed E-state index contributed by atoms with van der Waals surface area (Å²) < 4.78 is 5.02. The molecule has 0 aromatic heterocycles. The molecule has 0 radical (unpaired) electrons. The van der Waals surface area contributed by atoms with Crippen molar-refractivity contribution < 1.29 is 24.2 Å². The first kappa shape index (κ1) is 19.3. The number of likely N-dealkylation sites (tertiary alicyclic amines) is 1. The van der Waals surface area contributed by atoms with Gasteiger partial charge in [-0.25, -0.2) is 0 Å². The van der Waals surface area contributed by atoms with Gasteiger partial charge in [0.25, 0.3) is 0 Å². The van der Waals surface area contributed by atoms with Gasteiger partial charge in [-0.1, -0.05) is 11.6 Å². The van der Waals surface area contributed by atoms with Crippen LogP contribution >= 0.6 is 11.6 Å². The lowest BCUT2D eigenvalue weighted by molar-refractivity contribution is -0.143. The largest absolute Gasteiger partial charge is 0.392 e. The number of ether oxygens (including phenoxy) is 1. The highest BCUT2D eigenvalue weighted by Crippen LogP contribution is 2.53. The highest BCUT2D eigenvalue weighted by atomic mass is 35.5. The summed E-state index contributed by atoms with van der Waals surface area (Å²) in [6.07, 6.45) is -0.430. The molecule has 3 unspecified atom stereocenters. The number of fused-ring (bicyclic) bond motifs is 4. The number of halogens is 1. The predicted molar refractivity (Wildman–Crippen MR) is 101 cm³/mol. The fourth-order valence-electron chi connectivity index (χ4n) is 4.77. The van der Waals surface area contributed by atoms with Crippen LogP contribution in [-0.4, -0.2) is 60.1 Å². The number of nitrogens with zero attached hydrogens (tertiary/aromatic N) is 1. The van der Waals surface area contributed by atoms with Crippen molar-refractivity contribution in [2.24, 2.45) is 11.8 Å². The van der Waals surface area contributed by atoms with Crippen LogP contribution in [0.4, 0.5) is 5.69 Å². The molecule has 1 aromatic rings. The summed E-state index contributed by atoms with van der Waals surface area (Å²) in [6.45, 7) is 2.17. The Morgan fingerprint density at radius 2 is 2.07 bits per heavy atom. The second-order valence-corrected chi connectivity index (χ2v) is 7.98. The molecular weight excluding hydrogens is 386 g/mol. The van der Waals surface area contributed by atoms with Crippen molar-refractivity contribution in [2.75, 3.05) is 25.6 Å². The Morgan fingerprint density at radius 3 is 2.75 bits per heavy atom. The lowest BCUT2D eigenvalue weighted by Gasteiger charge is -2.30. The maximum Gasteiger partial charge on any atom is 0.250 e. The molecular formula is C19H22ClN3O5. The summed E-state index contributed by atoms with van der Waals surface area (Å²) in [4.78, 5) is 40.7. The van der Waals surface area contributed by atoms with E-state index in [2.05, 4.69) is 10.6 Å². The quantitative estimate of drug-likeness (QED) is 0.484. The molecule has 1 spiro atoms. The molecule has 3 heterocycles. The first-order valence-electron chi connectivity index (χ1n) is 9.24. The van der Waals surface area contributed by atoms with Gasteiger partial charge in [0.1, 0.15) is 5.54 Å². The van der Waals surface area contributed by atoms with Crippen molar-refractivity contribution in [2.45, 2.75) is 31.0 Å². The molecule has 3 aliphatic heterocycles. The van der Waals surface area contributed by atoms with Crippen LogP contribution in [0, 0.1) is 11.8 Å². The number of benzene rings is 1. The van der Waals surface area contributed by atoms with Crippen LogP contribution in [-0.2, 0) is 24.7 Å². The van der Waals surface area contributed by atoms with E-state index in [4.69, 9.17) is 16.3 Å². The van der Waals surface area contributed by atoms with E-state index >= 15 is 0 Å². The number of aliphatic hydroxyl groups excluding tert-OH is 1. The number of hydrogen-bond donors (Lipinski definition) is 3. The van der Waals surface area contributed by atoms with Crippen molar-refractivity contribution in [3.63, 3.8) is 0 Å². The molecule has 4 rings (SSSR count). The lowest BCUT2D eigenvalue weighted by Crippen LogP contribution is -2.54. The second kappa shape index (κ2) is 6.81. The third-order valence-electron chi connectivity index (χ3n) is 5.95. The van der Waals surface area contributed by atoms with Crippen LogP contribution in [0.25, 0.3) is 0 Å². The van der Waals surface area contributed by atoms with E-state index in [1.807, 2.05) is 0 Å². The van der Waals surface area contributed by atoms with Gasteiger partial charge in [-0.2, -0.15) is 0 Å². The summed E-state index contributed by atoms with van der Waals surface area (Å²) in [5.41, 5.74) is -0.358. The zero-order chi connectivity index (χ0) is 20.2. The molecule has 0 saturated carbocycles. The van der Waals surface area contributed by atoms with E-state index < -0.39 is 41.3 Å². The van der Waals surface area contributed by atoms with Crippen LogP contribution in [0.5, 0.6) is 0 Å². The average Bonchev–Trinajstić information content (AvgIpc) is 3.23. The minimum Gasteiger partial charge on any atom is -0.392 e. The molecule has 9 heteroatoms. The number of carbonyl (C=O) groups excluding carboxylic acids is 3. The summed E-state index contributed by atoms with van der Waals surface area (Å²) in [5.74, 6) is -2.97. The Labute approximate surface area is 167 Å². The van der Waals surface area contributed by atoms with Gasteiger partial charge in [0.05, 0.1) is 17.9 Å². The minimum absolute atomic E-state index is 0.213. The Balaban J connectivity index is 1.81. The summed E-state index contributed by atoms with van der Waals surface area (Å²) >= 11 is 6.16. The first-order chi connectivity index (χ1) is 13.3. The smallest absolute Gasteiger partial charge is 0.250 e. The van der Waals surface area contributed by atoms with E-state index in [1.165, 1.54) is 4.90 Å². The van der Waals surface area contributed by atoms with E-state index in [0.29, 0.717) is 29.3 Å². The standard InChI is InChI=1S/C19H22ClN3O5/c1-9(24)15-13-14(17(26)23(16(13)25)6-3-7-28-2)19(22-15)11-8-10(20)4-5-12(11)21-18(19)27/h4-5,8-9,13-15,22,24H,3,6-7H2,1-2H3,(H,21,27)/t9?,13-,14-,15?,19?/m0/s1. The topological polar surface area (TPSA) is 108 Å². The fraction of sp³-hybridized carbons (Fsp3) is 0.526. The van der Waals surface area contributed by atoms with Gasteiger partial charge >= 0.3 is 0 Å². The SMILES string of the molecule is COCCCN1C(=O)[C@@H]2C(C(C)O)NC3(C(=O)Nc4ccc(Cl)cc43)[C@@H]2C1=O. The van der Waals surface area contributed by atoms with E-state index in [0.717, 1.165) is 0 Å². The second-order valence-electron chi connectivity index (χ2n) is 7.54. The number of nitrogens with one attached hydrogen (secondary N) is 2. The zero-order valence-corrected chi connectivity index (χ0v) is 16.3.